The number of nitrogens with one attached hydrogen (secondary N) is 4. The first-order valence-electron chi connectivity index (χ1n) is 11.0. The Hall–Kier alpha value is -2.90. The Morgan fingerprint density at radius 3 is 2.81 bits per heavy atom. The normalized spacial score (nSPS) is 23.4. The predicted molar refractivity (Wildman–Crippen MR) is 119 cm³/mol. The summed E-state index contributed by atoms with van der Waals surface area (Å²) >= 11 is 0. The van der Waals surface area contributed by atoms with Crippen molar-refractivity contribution in [2.75, 3.05) is 7.11 Å². The fraction of sp³-hybridized carbons (Fsp3) is 0.417. The molecule has 162 valence electrons. The van der Waals surface area contributed by atoms with Crippen molar-refractivity contribution in [1.82, 2.24) is 26.1 Å². The number of ether oxygens (including phenoxy) is 1. The van der Waals surface area contributed by atoms with Gasteiger partial charge in [0.2, 0.25) is 5.91 Å². The number of amides is 1. The van der Waals surface area contributed by atoms with Crippen LogP contribution < -0.4 is 20.9 Å². The van der Waals surface area contributed by atoms with E-state index in [1.807, 2.05) is 30.3 Å². The number of para-hydroxylation sites is 2. The van der Waals surface area contributed by atoms with Gasteiger partial charge in [-0.2, -0.15) is 0 Å². The topological polar surface area (TPSA) is 91.1 Å². The molecule has 1 saturated heterocycles. The molecule has 4 atom stereocenters. The third-order valence-corrected chi connectivity index (χ3v) is 6.63. The first-order valence-corrected chi connectivity index (χ1v) is 11.0. The van der Waals surface area contributed by atoms with Crippen LogP contribution in [-0.2, 0) is 11.2 Å². The summed E-state index contributed by atoms with van der Waals surface area (Å²) in [6, 6.07) is 13.8. The van der Waals surface area contributed by atoms with Crippen molar-refractivity contribution in [2.45, 2.75) is 44.8 Å². The van der Waals surface area contributed by atoms with Gasteiger partial charge in [0, 0.05) is 5.92 Å². The molecule has 5 rings (SSSR count). The summed E-state index contributed by atoms with van der Waals surface area (Å²) in [5.41, 5.74) is 11.1. The Morgan fingerprint density at radius 1 is 1.19 bits per heavy atom. The molecule has 7 nitrogen and oxygen atoms in total. The number of benzene rings is 2. The van der Waals surface area contributed by atoms with Gasteiger partial charge < -0.3 is 15.0 Å². The molecule has 31 heavy (non-hydrogen) atoms. The molecule has 1 aliphatic heterocycles. The van der Waals surface area contributed by atoms with E-state index in [1.165, 1.54) is 11.1 Å². The number of carbonyl (C=O) groups is 1. The summed E-state index contributed by atoms with van der Waals surface area (Å²) in [5, 5.41) is 3.26. The first-order chi connectivity index (χ1) is 15.0. The summed E-state index contributed by atoms with van der Waals surface area (Å²) in [6.07, 6.45) is 1.89. The molecule has 1 fully saturated rings. The van der Waals surface area contributed by atoms with Crippen LogP contribution in [0.15, 0.2) is 42.5 Å². The van der Waals surface area contributed by atoms with Gasteiger partial charge >= 0.3 is 0 Å². The molecule has 7 heteroatoms. The molecule has 0 spiro atoms. The zero-order chi connectivity index (χ0) is 21.5. The highest BCUT2D eigenvalue weighted by Gasteiger charge is 2.44. The lowest BCUT2D eigenvalue weighted by Gasteiger charge is -2.30. The van der Waals surface area contributed by atoms with Gasteiger partial charge in [0.1, 0.15) is 17.6 Å². The Kier molecular flexibility index (Phi) is 5.16. The zero-order valence-corrected chi connectivity index (χ0v) is 18.1. The highest BCUT2D eigenvalue weighted by Crippen LogP contribution is 2.40. The molecule has 0 saturated carbocycles. The predicted octanol–water partition coefficient (Wildman–Crippen LogP) is 3.16. The molecular formula is C24H29N5O2. The molecule has 0 bridgehead atoms. The minimum atomic E-state index is -0.286. The Labute approximate surface area is 181 Å². The van der Waals surface area contributed by atoms with Crippen LogP contribution in [0.25, 0.3) is 11.0 Å². The number of aromatic nitrogens is 2. The summed E-state index contributed by atoms with van der Waals surface area (Å²) in [5.74, 6) is 2.09. The van der Waals surface area contributed by atoms with Crippen LogP contribution in [-0.4, -0.2) is 29.0 Å². The van der Waals surface area contributed by atoms with Crippen molar-refractivity contribution < 1.29 is 9.53 Å². The summed E-state index contributed by atoms with van der Waals surface area (Å²) in [4.78, 5) is 21.4. The number of methoxy groups -OCH3 is 1. The van der Waals surface area contributed by atoms with E-state index in [4.69, 9.17) is 9.72 Å². The molecule has 2 aliphatic rings. The number of carbonyl (C=O) groups excluding carboxylic acids is 1. The third kappa shape index (κ3) is 3.58. The van der Waals surface area contributed by atoms with Gasteiger partial charge in [-0.3, -0.25) is 4.79 Å². The molecule has 2 aromatic carbocycles. The largest absolute Gasteiger partial charge is 0.497 e. The molecule has 1 aliphatic carbocycles. The smallest absolute Gasteiger partial charge is 0.239 e. The van der Waals surface area contributed by atoms with E-state index in [0.29, 0.717) is 0 Å². The van der Waals surface area contributed by atoms with Gasteiger partial charge in [-0.15, -0.1) is 0 Å². The van der Waals surface area contributed by atoms with Crippen molar-refractivity contribution in [2.24, 2.45) is 11.8 Å². The van der Waals surface area contributed by atoms with Crippen molar-refractivity contribution in [3.8, 4) is 5.75 Å². The third-order valence-electron chi connectivity index (χ3n) is 6.63. The standard InChI is InChI=1S/C24H29N5O2/c1-13(2)20(23-25-18-6-4-5-7-19(18)26-23)27-24(30)22-17-10-8-14-12-15(31-3)9-11-16(14)21(17)28-29-22/h4-7,9,11-13,17,20-22,28-29H,8,10H2,1-3H3,(H,25,26)(H,27,30)/t17?,20-,21?,22?/m1/s1. The highest BCUT2D eigenvalue weighted by molar-refractivity contribution is 5.83. The Bertz CT molecular complexity index is 1080. The van der Waals surface area contributed by atoms with Crippen LogP contribution in [0, 0.1) is 11.8 Å². The zero-order valence-electron chi connectivity index (χ0n) is 18.1. The van der Waals surface area contributed by atoms with Crippen LogP contribution in [0.1, 0.15) is 49.3 Å². The lowest BCUT2D eigenvalue weighted by atomic mass is 9.77. The number of rotatable bonds is 5. The average molecular weight is 420 g/mol. The van der Waals surface area contributed by atoms with E-state index in [0.717, 1.165) is 35.4 Å². The van der Waals surface area contributed by atoms with E-state index in [9.17, 15) is 4.79 Å². The number of fused-ring (bicyclic) bond motifs is 4. The van der Waals surface area contributed by atoms with Crippen LogP contribution in [0.3, 0.4) is 0 Å². The number of imidazole rings is 1. The fourth-order valence-corrected chi connectivity index (χ4v) is 4.95. The van der Waals surface area contributed by atoms with Gasteiger partial charge in [-0.05, 0) is 54.2 Å². The molecule has 3 aromatic rings. The molecule has 3 unspecified atom stereocenters. The number of hydrogen-bond donors (Lipinski definition) is 4. The second kappa shape index (κ2) is 7.98. The van der Waals surface area contributed by atoms with Gasteiger partial charge in [0.15, 0.2) is 0 Å². The fourth-order valence-electron chi connectivity index (χ4n) is 4.95. The molecule has 2 heterocycles. The quantitative estimate of drug-likeness (QED) is 0.510. The van der Waals surface area contributed by atoms with Crippen molar-refractivity contribution >= 4 is 16.9 Å². The van der Waals surface area contributed by atoms with E-state index < -0.39 is 0 Å². The Morgan fingerprint density at radius 2 is 2.03 bits per heavy atom. The maximum Gasteiger partial charge on any atom is 0.239 e. The molecule has 4 N–H and O–H groups in total. The average Bonchev–Trinajstić information content (AvgIpc) is 3.40. The second-order valence-electron chi connectivity index (χ2n) is 8.88. The Balaban J connectivity index is 1.35. The van der Waals surface area contributed by atoms with E-state index >= 15 is 0 Å². The van der Waals surface area contributed by atoms with Gasteiger partial charge in [0.05, 0.1) is 30.2 Å². The number of hydrazine groups is 1. The first kappa shape index (κ1) is 20.0. The van der Waals surface area contributed by atoms with Gasteiger partial charge in [0.25, 0.3) is 0 Å². The maximum atomic E-state index is 13.3. The summed E-state index contributed by atoms with van der Waals surface area (Å²) < 4.78 is 5.37. The highest BCUT2D eigenvalue weighted by atomic mass is 16.5. The van der Waals surface area contributed by atoms with Crippen LogP contribution in [0.4, 0.5) is 0 Å². The van der Waals surface area contributed by atoms with Crippen molar-refractivity contribution in [3.63, 3.8) is 0 Å². The van der Waals surface area contributed by atoms with E-state index in [-0.39, 0.29) is 35.9 Å². The number of H-pyrrole nitrogens is 1. The van der Waals surface area contributed by atoms with Crippen LogP contribution >= 0.6 is 0 Å². The van der Waals surface area contributed by atoms with E-state index in [2.05, 4.69) is 47.1 Å². The monoisotopic (exact) mass is 419 g/mol. The van der Waals surface area contributed by atoms with Crippen molar-refractivity contribution in [3.05, 3.63) is 59.4 Å². The number of nitrogens with zero attached hydrogens (tertiary/aromatic N) is 1. The van der Waals surface area contributed by atoms with Gasteiger partial charge in [-0.25, -0.2) is 15.8 Å². The van der Waals surface area contributed by atoms with Gasteiger partial charge in [-0.1, -0.05) is 32.0 Å². The van der Waals surface area contributed by atoms with Crippen LogP contribution in [0.2, 0.25) is 0 Å². The molecular weight excluding hydrogens is 390 g/mol. The number of hydrogen-bond acceptors (Lipinski definition) is 5. The SMILES string of the molecule is COc1ccc2c(c1)CCC1C(C(=O)N[C@@H](c3nc4ccccc4[nH]3)C(C)C)NNC21. The van der Waals surface area contributed by atoms with Crippen molar-refractivity contribution in [1.29, 1.82) is 0 Å². The molecule has 1 aromatic heterocycles. The lowest BCUT2D eigenvalue weighted by molar-refractivity contribution is -0.125. The maximum absolute atomic E-state index is 13.3. The minimum absolute atomic E-state index is 0.0103. The minimum Gasteiger partial charge on any atom is -0.497 e. The molecule has 1 amide bonds. The summed E-state index contributed by atoms with van der Waals surface area (Å²) in [7, 11) is 1.69. The van der Waals surface area contributed by atoms with Crippen LogP contribution in [0.5, 0.6) is 5.75 Å². The number of aryl methyl sites for hydroxylation is 1. The number of aromatic amines is 1. The van der Waals surface area contributed by atoms with E-state index in [1.54, 1.807) is 7.11 Å². The summed E-state index contributed by atoms with van der Waals surface area (Å²) in [6.45, 7) is 4.21. The molecule has 0 radical (unpaired) electrons. The lowest BCUT2D eigenvalue weighted by Crippen LogP contribution is -2.47. The second-order valence-corrected chi connectivity index (χ2v) is 8.88.